The van der Waals surface area contributed by atoms with Gasteiger partial charge in [0.2, 0.25) is 0 Å². The molecular formula is C5H4BrIN2. The molecule has 0 aromatic carbocycles. The van der Waals surface area contributed by atoms with E-state index < -0.39 is 0 Å². The number of halogens is 2. The number of rotatable bonds is 0. The highest BCUT2D eigenvalue weighted by atomic mass is 127. The average molecular weight is 299 g/mol. The van der Waals surface area contributed by atoms with Crippen LogP contribution in [0.25, 0.3) is 0 Å². The first-order valence-corrected chi connectivity index (χ1v) is 4.21. The Hall–Kier alpha value is 0.290. The van der Waals surface area contributed by atoms with Crippen molar-refractivity contribution in [1.82, 2.24) is 9.97 Å². The Kier molecular flexibility index (Phi) is 2.40. The zero-order chi connectivity index (χ0) is 6.85. The summed E-state index contributed by atoms with van der Waals surface area (Å²) in [6.45, 7) is 1.94. The second-order valence-corrected chi connectivity index (χ2v) is 3.38. The Morgan fingerprint density at radius 1 is 1.56 bits per heavy atom. The van der Waals surface area contributed by atoms with Crippen LogP contribution in [0.2, 0.25) is 0 Å². The maximum absolute atomic E-state index is 3.98. The Balaban J connectivity index is 3.25. The normalized spacial score (nSPS) is 9.67. The van der Waals surface area contributed by atoms with Crippen molar-refractivity contribution in [2.75, 3.05) is 0 Å². The van der Waals surface area contributed by atoms with E-state index in [-0.39, 0.29) is 0 Å². The molecule has 0 amide bonds. The number of hydrogen-bond donors (Lipinski definition) is 0. The van der Waals surface area contributed by atoms with Gasteiger partial charge in [-0.2, -0.15) is 0 Å². The molecule has 1 rings (SSSR count). The molecule has 48 valence electrons. The lowest BCUT2D eigenvalue weighted by molar-refractivity contribution is 1.06. The van der Waals surface area contributed by atoms with Gasteiger partial charge in [-0.3, -0.25) is 0 Å². The van der Waals surface area contributed by atoms with E-state index in [2.05, 4.69) is 48.5 Å². The van der Waals surface area contributed by atoms with Crippen LogP contribution >= 0.6 is 38.5 Å². The lowest BCUT2D eigenvalue weighted by Gasteiger charge is -1.95. The van der Waals surface area contributed by atoms with Crippen LogP contribution in [0, 0.1) is 10.6 Å². The fourth-order valence-electron chi connectivity index (χ4n) is 0.429. The minimum absolute atomic E-state index is 0.958. The first-order chi connectivity index (χ1) is 4.22. The molecule has 0 bridgehead atoms. The molecule has 0 N–H and O–H groups in total. The van der Waals surface area contributed by atoms with Gasteiger partial charge >= 0.3 is 0 Å². The van der Waals surface area contributed by atoms with Crippen molar-refractivity contribution in [3.05, 3.63) is 20.2 Å². The molecule has 0 aliphatic carbocycles. The van der Waals surface area contributed by atoms with Crippen molar-refractivity contribution >= 4 is 38.5 Å². The zero-order valence-corrected chi connectivity index (χ0v) is 8.47. The third-order valence-electron chi connectivity index (χ3n) is 0.921. The van der Waals surface area contributed by atoms with Gasteiger partial charge in [0.25, 0.3) is 0 Å². The average Bonchev–Trinajstić information content (AvgIpc) is 1.83. The van der Waals surface area contributed by atoms with Crippen LogP contribution in [-0.2, 0) is 0 Å². The SMILES string of the molecule is Cc1ncnc(I)c1Br. The lowest BCUT2D eigenvalue weighted by atomic mass is 10.5. The van der Waals surface area contributed by atoms with E-state index in [1.54, 1.807) is 6.33 Å². The van der Waals surface area contributed by atoms with E-state index in [1.807, 2.05) is 6.92 Å². The van der Waals surface area contributed by atoms with Gasteiger partial charge in [0.05, 0.1) is 10.2 Å². The Bertz CT molecular complexity index is 206. The predicted molar refractivity (Wildman–Crippen MR) is 47.2 cm³/mol. The van der Waals surface area contributed by atoms with Gasteiger partial charge in [0, 0.05) is 0 Å². The van der Waals surface area contributed by atoms with Crippen molar-refractivity contribution < 1.29 is 0 Å². The molecular weight excluding hydrogens is 295 g/mol. The first-order valence-electron chi connectivity index (χ1n) is 2.34. The van der Waals surface area contributed by atoms with E-state index in [9.17, 15) is 0 Å². The zero-order valence-electron chi connectivity index (χ0n) is 4.73. The Morgan fingerprint density at radius 3 is 2.67 bits per heavy atom. The number of aromatic nitrogens is 2. The van der Waals surface area contributed by atoms with E-state index in [0.29, 0.717) is 0 Å². The van der Waals surface area contributed by atoms with Crippen molar-refractivity contribution in [2.45, 2.75) is 6.92 Å². The smallest absolute Gasteiger partial charge is 0.119 e. The monoisotopic (exact) mass is 298 g/mol. The third-order valence-corrected chi connectivity index (χ3v) is 3.43. The van der Waals surface area contributed by atoms with Crippen molar-refractivity contribution in [3.63, 3.8) is 0 Å². The number of hydrogen-bond acceptors (Lipinski definition) is 2. The van der Waals surface area contributed by atoms with Crippen LogP contribution in [0.3, 0.4) is 0 Å². The molecule has 0 fully saturated rings. The molecule has 0 aliphatic heterocycles. The molecule has 0 aliphatic rings. The van der Waals surface area contributed by atoms with E-state index in [0.717, 1.165) is 13.9 Å². The largest absolute Gasteiger partial charge is 0.240 e. The summed E-state index contributed by atoms with van der Waals surface area (Å²) in [6, 6.07) is 0. The van der Waals surface area contributed by atoms with Gasteiger partial charge < -0.3 is 0 Å². The molecule has 1 aromatic rings. The second-order valence-electron chi connectivity index (χ2n) is 1.56. The fourth-order valence-corrected chi connectivity index (χ4v) is 1.15. The van der Waals surface area contributed by atoms with Crippen LogP contribution < -0.4 is 0 Å². The second kappa shape index (κ2) is 2.92. The van der Waals surface area contributed by atoms with Gasteiger partial charge in [-0.05, 0) is 45.4 Å². The molecule has 0 saturated carbocycles. The summed E-state index contributed by atoms with van der Waals surface area (Å²) in [6.07, 6.45) is 1.56. The molecule has 9 heavy (non-hydrogen) atoms. The van der Waals surface area contributed by atoms with Crippen LogP contribution in [0.15, 0.2) is 10.8 Å². The Labute approximate surface area is 75.4 Å². The van der Waals surface area contributed by atoms with Gasteiger partial charge in [-0.1, -0.05) is 0 Å². The van der Waals surface area contributed by atoms with Crippen LogP contribution in [0.4, 0.5) is 0 Å². The standard InChI is InChI=1S/C5H4BrIN2/c1-3-4(6)5(7)9-2-8-3/h2H,1H3. The summed E-state index contributed by atoms with van der Waals surface area (Å²) in [5, 5.41) is 0. The fraction of sp³-hybridized carbons (Fsp3) is 0.200. The van der Waals surface area contributed by atoms with Crippen molar-refractivity contribution in [1.29, 1.82) is 0 Å². The minimum atomic E-state index is 0.958. The van der Waals surface area contributed by atoms with E-state index in [1.165, 1.54) is 0 Å². The molecule has 1 heterocycles. The quantitative estimate of drug-likeness (QED) is 0.542. The molecule has 0 unspecified atom stereocenters. The minimum Gasteiger partial charge on any atom is -0.240 e. The van der Waals surface area contributed by atoms with Gasteiger partial charge in [-0.25, -0.2) is 9.97 Å². The molecule has 0 saturated heterocycles. The first kappa shape index (κ1) is 7.40. The highest BCUT2D eigenvalue weighted by molar-refractivity contribution is 14.1. The number of aryl methyl sites for hydroxylation is 1. The van der Waals surface area contributed by atoms with Crippen LogP contribution in [0.1, 0.15) is 5.69 Å². The van der Waals surface area contributed by atoms with Crippen molar-refractivity contribution in [2.24, 2.45) is 0 Å². The van der Waals surface area contributed by atoms with E-state index >= 15 is 0 Å². The number of nitrogens with zero attached hydrogens (tertiary/aromatic N) is 2. The maximum Gasteiger partial charge on any atom is 0.119 e. The van der Waals surface area contributed by atoms with Crippen LogP contribution in [-0.4, -0.2) is 9.97 Å². The summed E-state index contributed by atoms with van der Waals surface area (Å²) in [4.78, 5) is 7.94. The lowest BCUT2D eigenvalue weighted by Crippen LogP contribution is -1.88. The topological polar surface area (TPSA) is 25.8 Å². The molecule has 1 aromatic heterocycles. The summed E-state index contributed by atoms with van der Waals surface area (Å²) in [5.41, 5.74) is 0.981. The van der Waals surface area contributed by atoms with Gasteiger partial charge in [0.15, 0.2) is 0 Å². The third kappa shape index (κ3) is 1.61. The molecule has 2 nitrogen and oxygen atoms in total. The Morgan fingerprint density at radius 2 is 2.22 bits per heavy atom. The predicted octanol–water partition coefficient (Wildman–Crippen LogP) is 2.15. The molecule has 0 atom stereocenters. The summed E-state index contributed by atoms with van der Waals surface area (Å²) in [7, 11) is 0. The van der Waals surface area contributed by atoms with E-state index in [4.69, 9.17) is 0 Å². The van der Waals surface area contributed by atoms with Gasteiger partial charge in [-0.15, -0.1) is 0 Å². The molecule has 0 spiro atoms. The molecule has 4 heteroatoms. The highest BCUT2D eigenvalue weighted by Crippen LogP contribution is 2.17. The summed E-state index contributed by atoms with van der Waals surface area (Å²) >= 11 is 5.50. The van der Waals surface area contributed by atoms with Crippen molar-refractivity contribution in [3.8, 4) is 0 Å². The molecule has 0 radical (unpaired) electrons. The summed E-state index contributed by atoms with van der Waals surface area (Å²) < 4.78 is 1.95. The summed E-state index contributed by atoms with van der Waals surface area (Å²) in [5.74, 6) is 0. The highest BCUT2D eigenvalue weighted by Gasteiger charge is 1.98. The van der Waals surface area contributed by atoms with Crippen LogP contribution in [0.5, 0.6) is 0 Å². The maximum atomic E-state index is 3.98. The van der Waals surface area contributed by atoms with Gasteiger partial charge in [0.1, 0.15) is 10.0 Å².